The summed E-state index contributed by atoms with van der Waals surface area (Å²) in [5.74, 6) is 3.61. The smallest absolute Gasteiger partial charge is 0.119 e. The maximum atomic E-state index is 5.65. The first-order valence-electron chi connectivity index (χ1n) is 6.44. The molecule has 0 atom stereocenters. The summed E-state index contributed by atoms with van der Waals surface area (Å²) in [5.41, 5.74) is 0. The Morgan fingerprint density at radius 1 is 1.18 bits per heavy atom. The summed E-state index contributed by atoms with van der Waals surface area (Å²) < 4.78 is 5.65. The highest BCUT2D eigenvalue weighted by Gasteiger charge is 2.11. The first kappa shape index (κ1) is 12.8. The number of nitrogens with one attached hydrogen (secondary N) is 1. The van der Waals surface area contributed by atoms with Gasteiger partial charge in [-0.15, -0.1) is 0 Å². The minimum Gasteiger partial charge on any atom is -0.494 e. The van der Waals surface area contributed by atoms with Gasteiger partial charge < -0.3 is 10.1 Å². The van der Waals surface area contributed by atoms with Crippen LogP contribution in [0.1, 0.15) is 19.3 Å². The molecular formula is C14H21NOS. The van der Waals surface area contributed by atoms with Crippen LogP contribution >= 0.6 is 11.8 Å². The minimum absolute atomic E-state index is 0.743. The molecule has 1 aliphatic heterocycles. The van der Waals surface area contributed by atoms with Crippen LogP contribution in [-0.4, -0.2) is 30.7 Å². The SMILES string of the molecule is c1ccc(OCCCNC2CCSCC2)cc1. The topological polar surface area (TPSA) is 21.3 Å². The van der Waals surface area contributed by atoms with Crippen molar-refractivity contribution in [1.82, 2.24) is 5.32 Å². The number of hydrogen-bond donors (Lipinski definition) is 1. The number of hydrogen-bond acceptors (Lipinski definition) is 3. The van der Waals surface area contributed by atoms with Crippen LogP contribution in [-0.2, 0) is 0 Å². The third-order valence-corrected chi connectivity index (χ3v) is 4.04. The zero-order valence-electron chi connectivity index (χ0n) is 10.2. The van der Waals surface area contributed by atoms with Crippen LogP contribution in [0.25, 0.3) is 0 Å². The standard InChI is InChI=1S/C14H21NOS/c1-2-5-14(6-3-1)16-10-4-9-15-13-7-11-17-12-8-13/h1-3,5-6,13,15H,4,7-12H2. The fourth-order valence-electron chi connectivity index (χ4n) is 1.99. The third kappa shape index (κ3) is 5.00. The van der Waals surface area contributed by atoms with E-state index in [4.69, 9.17) is 4.74 Å². The highest BCUT2D eigenvalue weighted by atomic mass is 32.2. The summed E-state index contributed by atoms with van der Waals surface area (Å²) >= 11 is 2.07. The predicted molar refractivity (Wildman–Crippen MR) is 74.9 cm³/mol. The molecule has 0 radical (unpaired) electrons. The lowest BCUT2D eigenvalue weighted by atomic mass is 10.1. The highest BCUT2D eigenvalue weighted by molar-refractivity contribution is 7.99. The Bertz CT molecular complexity index is 298. The van der Waals surface area contributed by atoms with E-state index in [1.165, 1.54) is 24.3 Å². The van der Waals surface area contributed by atoms with E-state index < -0.39 is 0 Å². The van der Waals surface area contributed by atoms with Crippen molar-refractivity contribution in [2.24, 2.45) is 0 Å². The molecule has 1 aliphatic rings. The number of thioether (sulfide) groups is 1. The average Bonchev–Trinajstić information content (AvgIpc) is 2.41. The molecule has 1 fully saturated rings. The Morgan fingerprint density at radius 2 is 1.94 bits per heavy atom. The summed E-state index contributed by atoms with van der Waals surface area (Å²) in [5, 5.41) is 3.61. The van der Waals surface area contributed by atoms with Crippen LogP contribution in [0.3, 0.4) is 0 Å². The summed E-state index contributed by atoms with van der Waals surface area (Å²) in [6.45, 7) is 1.88. The van der Waals surface area contributed by atoms with Crippen molar-refractivity contribution >= 4 is 11.8 Å². The normalized spacial score (nSPS) is 16.9. The van der Waals surface area contributed by atoms with Crippen molar-refractivity contribution in [1.29, 1.82) is 0 Å². The second-order valence-corrected chi connectivity index (χ2v) is 5.58. The lowest BCUT2D eigenvalue weighted by Gasteiger charge is -2.22. The van der Waals surface area contributed by atoms with Gasteiger partial charge in [-0.3, -0.25) is 0 Å². The zero-order chi connectivity index (χ0) is 11.8. The number of ether oxygens (including phenoxy) is 1. The Hall–Kier alpha value is -0.670. The monoisotopic (exact) mass is 251 g/mol. The quantitative estimate of drug-likeness (QED) is 0.786. The first-order valence-corrected chi connectivity index (χ1v) is 7.59. The molecule has 0 amide bonds. The lowest BCUT2D eigenvalue weighted by Crippen LogP contribution is -2.33. The van der Waals surface area contributed by atoms with Crippen LogP contribution < -0.4 is 10.1 Å². The minimum atomic E-state index is 0.743. The van der Waals surface area contributed by atoms with E-state index in [1.807, 2.05) is 30.3 Å². The molecule has 1 aromatic carbocycles. The average molecular weight is 251 g/mol. The molecule has 0 spiro atoms. The van der Waals surface area contributed by atoms with Gasteiger partial charge >= 0.3 is 0 Å². The molecule has 1 N–H and O–H groups in total. The molecule has 1 heterocycles. The van der Waals surface area contributed by atoms with Crippen LogP contribution in [0.4, 0.5) is 0 Å². The van der Waals surface area contributed by atoms with Gasteiger partial charge in [0, 0.05) is 6.04 Å². The summed E-state index contributed by atoms with van der Waals surface area (Å²) in [4.78, 5) is 0. The van der Waals surface area contributed by atoms with Crippen molar-refractivity contribution in [3.8, 4) is 5.75 Å². The maximum Gasteiger partial charge on any atom is 0.119 e. The van der Waals surface area contributed by atoms with Crippen molar-refractivity contribution < 1.29 is 4.74 Å². The van der Waals surface area contributed by atoms with Gasteiger partial charge in [-0.1, -0.05) is 18.2 Å². The van der Waals surface area contributed by atoms with E-state index in [0.717, 1.165) is 31.4 Å². The molecule has 0 saturated carbocycles. The van der Waals surface area contributed by atoms with E-state index in [1.54, 1.807) is 0 Å². The van der Waals surface area contributed by atoms with Crippen molar-refractivity contribution in [3.63, 3.8) is 0 Å². The molecule has 17 heavy (non-hydrogen) atoms. The number of benzene rings is 1. The molecule has 2 nitrogen and oxygen atoms in total. The summed E-state index contributed by atoms with van der Waals surface area (Å²) in [6, 6.07) is 10.8. The highest BCUT2D eigenvalue weighted by Crippen LogP contribution is 2.16. The van der Waals surface area contributed by atoms with Crippen LogP contribution in [0.15, 0.2) is 30.3 Å². The van der Waals surface area contributed by atoms with Crippen molar-refractivity contribution in [2.45, 2.75) is 25.3 Å². The Balaban J connectivity index is 1.51. The van der Waals surface area contributed by atoms with Crippen molar-refractivity contribution in [3.05, 3.63) is 30.3 Å². The second kappa shape index (κ2) is 7.62. The van der Waals surface area contributed by atoms with Crippen LogP contribution in [0.5, 0.6) is 5.75 Å². The van der Waals surface area contributed by atoms with Gasteiger partial charge in [0.15, 0.2) is 0 Å². The molecule has 3 heteroatoms. The van der Waals surface area contributed by atoms with E-state index in [-0.39, 0.29) is 0 Å². The molecule has 1 saturated heterocycles. The zero-order valence-corrected chi connectivity index (χ0v) is 11.0. The van der Waals surface area contributed by atoms with E-state index >= 15 is 0 Å². The molecular weight excluding hydrogens is 230 g/mol. The van der Waals surface area contributed by atoms with Gasteiger partial charge in [-0.25, -0.2) is 0 Å². The Labute approximate surface area is 108 Å². The molecule has 0 aromatic heterocycles. The summed E-state index contributed by atoms with van der Waals surface area (Å²) in [7, 11) is 0. The number of rotatable bonds is 6. The molecule has 0 bridgehead atoms. The lowest BCUT2D eigenvalue weighted by molar-refractivity contribution is 0.303. The van der Waals surface area contributed by atoms with Crippen molar-refractivity contribution in [2.75, 3.05) is 24.7 Å². The number of para-hydroxylation sites is 1. The largest absolute Gasteiger partial charge is 0.494 e. The van der Waals surface area contributed by atoms with Crippen LogP contribution in [0, 0.1) is 0 Å². The van der Waals surface area contributed by atoms with Gasteiger partial charge in [0.05, 0.1) is 6.61 Å². The molecule has 0 aliphatic carbocycles. The van der Waals surface area contributed by atoms with Gasteiger partial charge in [-0.2, -0.15) is 11.8 Å². The molecule has 1 aromatic rings. The summed E-state index contributed by atoms with van der Waals surface area (Å²) in [6.07, 6.45) is 3.73. The maximum absolute atomic E-state index is 5.65. The van der Waals surface area contributed by atoms with E-state index in [0.29, 0.717) is 0 Å². The van der Waals surface area contributed by atoms with E-state index in [2.05, 4.69) is 17.1 Å². The Kier molecular flexibility index (Phi) is 5.73. The van der Waals surface area contributed by atoms with Gasteiger partial charge in [0.1, 0.15) is 5.75 Å². The molecule has 2 rings (SSSR count). The Morgan fingerprint density at radius 3 is 2.71 bits per heavy atom. The fraction of sp³-hybridized carbons (Fsp3) is 0.571. The van der Waals surface area contributed by atoms with E-state index in [9.17, 15) is 0 Å². The molecule has 0 unspecified atom stereocenters. The van der Waals surface area contributed by atoms with Gasteiger partial charge in [0.25, 0.3) is 0 Å². The van der Waals surface area contributed by atoms with Gasteiger partial charge in [-0.05, 0) is 49.4 Å². The first-order chi connectivity index (χ1) is 8.45. The van der Waals surface area contributed by atoms with Crippen LogP contribution in [0.2, 0.25) is 0 Å². The second-order valence-electron chi connectivity index (χ2n) is 4.36. The fourth-order valence-corrected chi connectivity index (χ4v) is 3.09. The predicted octanol–water partition coefficient (Wildman–Crippen LogP) is 2.94. The van der Waals surface area contributed by atoms with Gasteiger partial charge in [0.2, 0.25) is 0 Å². The third-order valence-electron chi connectivity index (χ3n) is 2.99. The molecule has 94 valence electrons.